The molecule has 21 heavy (non-hydrogen) atoms. The first-order valence-electron chi connectivity index (χ1n) is 5.65. The van der Waals surface area contributed by atoms with Crippen LogP contribution >= 0.6 is 47.2 Å². The lowest BCUT2D eigenvalue weighted by Gasteiger charge is -2.08. The topological polar surface area (TPSA) is 77.8 Å². The third-order valence-electron chi connectivity index (χ3n) is 2.42. The number of aromatic amines is 2. The molecule has 0 bridgehead atoms. The van der Waals surface area contributed by atoms with Crippen LogP contribution in [0.15, 0.2) is 34.0 Å². The van der Waals surface area contributed by atoms with Crippen molar-refractivity contribution in [3.63, 3.8) is 0 Å². The van der Waals surface area contributed by atoms with Crippen LogP contribution < -0.4 is 16.6 Å². The average molecular weight is 362 g/mol. The van der Waals surface area contributed by atoms with E-state index in [0.717, 1.165) is 0 Å². The Bertz CT molecular complexity index is 789. The highest BCUT2D eigenvalue weighted by Gasteiger charge is 2.05. The zero-order chi connectivity index (χ0) is 15.4. The summed E-state index contributed by atoms with van der Waals surface area (Å²) < 4.78 is 0.471. The van der Waals surface area contributed by atoms with Crippen LogP contribution in [0.5, 0.6) is 0 Å². The zero-order valence-corrected chi connectivity index (χ0v) is 13.6. The lowest BCUT2D eigenvalue weighted by atomic mass is 10.3. The fraction of sp³-hybridized carbons (Fsp3) is 0.0833. The molecule has 0 saturated carbocycles. The van der Waals surface area contributed by atoms with Crippen molar-refractivity contribution in [2.24, 2.45) is 0 Å². The van der Waals surface area contributed by atoms with E-state index < -0.39 is 11.2 Å². The van der Waals surface area contributed by atoms with Gasteiger partial charge in [-0.15, -0.1) is 0 Å². The zero-order valence-electron chi connectivity index (χ0n) is 10.4. The van der Waals surface area contributed by atoms with Crippen molar-refractivity contribution >= 4 is 57.2 Å². The van der Waals surface area contributed by atoms with Gasteiger partial charge in [-0.25, -0.2) is 4.79 Å². The van der Waals surface area contributed by atoms with Crippen molar-refractivity contribution in [1.29, 1.82) is 0 Å². The van der Waals surface area contributed by atoms with Crippen molar-refractivity contribution in [2.45, 2.75) is 5.75 Å². The Balaban J connectivity index is 1.97. The SMILES string of the molecule is O=c1[nH]cc(CSC(=S)Nc2ccc(Cl)c(Cl)c2)c(=O)[nH]1. The standard InChI is InChI=1S/C12H9Cl2N3O2S2/c13-8-2-1-7(3-9(8)14)16-12(20)21-5-6-4-15-11(19)17-10(6)18/h1-4H,5H2,(H,16,20)(H2,15,17,18,19). The van der Waals surface area contributed by atoms with Gasteiger partial charge in [-0.2, -0.15) is 0 Å². The third-order valence-corrected chi connectivity index (χ3v) is 4.44. The van der Waals surface area contributed by atoms with Crippen molar-refractivity contribution < 1.29 is 0 Å². The van der Waals surface area contributed by atoms with Crippen LogP contribution in [-0.4, -0.2) is 14.3 Å². The van der Waals surface area contributed by atoms with Gasteiger partial charge < -0.3 is 10.3 Å². The summed E-state index contributed by atoms with van der Waals surface area (Å²) in [7, 11) is 0. The minimum Gasteiger partial charge on any atom is -0.341 e. The van der Waals surface area contributed by atoms with Gasteiger partial charge in [0.25, 0.3) is 5.56 Å². The van der Waals surface area contributed by atoms with Gasteiger partial charge in [-0.05, 0) is 18.2 Å². The quantitative estimate of drug-likeness (QED) is 0.732. The van der Waals surface area contributed by atoms with E-state index in [1.165, 1.54) is 18.0 Å². The van der Waals surface area contributed by atoms with Gasteiger partial charge in [0, 0.05) is 23.2 Å². The van der Waals surface area contributed by atoms with Crippen LogP contribution in [0, 0.1) is 0 Å². The van der Waals surface area contributed by atoms with E-state index in [9.17, 15) is 9.59 Å². The Kier molecular flexibility index (Phi) is 5.46. The Labute approximate surface area is 139 Å². The summed E-state index contributed by atoms with van der Waals surface area (Å²) in [5.74, 6) is 0.333. The highest BCUT2D eigenvalue weighted by molar-refractivity contribution is 8.22. The van der Waals surface area contributed by atoms with E-state index in [2.05, 4.69) is 15.3 Å². The summed E-state index contributed by atoms with van der Waals surface area (Å²) >= 11 is 18.2. The fourth-order valence-corrected chi connectivity index (χ4v) is 2.70. The van der Waals surface area contributed by atoms with Gasteiger partial charge in [-0.3, -0.25) is 9.78 Å². The monoisotopic (exact) mass is 361 g/mol. The molecule has 0 fully saturated rings. The number of thiocarbonyl (C=S) groups is 1. The normalized spacial score (nSPS) is 10.4. The molecule has 3 N–H and O–H groups in total. The average Bonchev–Trinajstić information content (AvgIpc) is 2.42. The number of hydrogen-bond acceptors (Lipinski definition) is 4. The van der Waals surface area contributed by atoms with Gasteiger partial charge in [0.2, 0.25) is 0 Å². The predicted octanol–water partition coefficient (Wildman–Crippen LogP) is 3.00. The second-order valence-electron chi connectivity index (χ2n) is 3.93. The molecule has 0 aliphatic heterocycles. The molecule has 0 radical (unpaired) electrons. The molecule has 0 atom stereocenters. The highest BCUT2D eigenvalue weighted by Crippen LogP contribution is 2.25. The Morgan fingerprint density at radius 2 is 2.05 bits per heavy atom. The fourth-order valence-electron chi connectivity index (χ4n) is 1.42. The molecule has 5 nitrogen and oxygen atoms in total. The lowest BCUT2D eigenvalue weighted by molar-refractivity contribution is 1.00. The smallest absolute Gasteiger partial charge is 0.325 e. The second-order valence-corrected chi connectivity index (χ2v) is 6.39. The van der Waals surface area contributed by atoms with Crippen LogP contribution in [-0.2, 0) is 5.75 Å². The predicted molar refractivity (Wildman–Crippen MR) is 91.7 cm³/mol. The number of benzene rings is 1. The second kappa shape index (κ2) is 7.13. The molecule has 0 spiro atoms. The minimum absolute atomic E-state index is 0.333. The Hall–Kier alpha value is -1.28. The summed E-state index contributed by atoms with van der Waals surface area (Å²) in [6.07, 6.45) is 1.37. The number of aromatic nitrogens is 2. The first kappa shape index (κ1) is 16.1. The van der Waals surface area contributed by atoms with Crippen molar-refractivity contribution in [3.05, 3.63) is 60.8 Å². The molecule has 110 valence electrons. The summed E-state index contributed by atoms with van der Waals surface area (Å²) in [5, 5.41) is 3.86. The van der Waals surface area contributed by atoms with E-state index in [1.54, 1.807) is 18.2 Å². The van der Waals surface area contributed by atoms with Crippen LogP contribution in [0.2, 0.25) is 10.0 Å². The van der Waals surface area contributed by atoms with Crippen molar-refractivity contribution in [2.75, 3.05) is 5.32 Å². The molecule has 0 aliphatic rings. The Morgan fingerprint density at radius 3 is 2.71 bits per heavy atom. The molecule has 1 aromatic carbocycles. The van der Waals surface area contributed by atoms with E-state index >= 15 is 0 Å². The molecular weight excluding hydrogens is 353 g/mol. The molecular formula is C12H9Cl2N3O2S2. The molecule has 2 rings (SSSR count). The molecule has 0 amide bonds. The lowest BCUT2D eigenvalue weighted by Crippen LogP contribution is -2.24. The van der Waals surface area contributed by atoms with Crippen molar-refractivity contribution in [1.82, 2.24) is 9.97 Å². The molecule has 0 aliphatic carbocycles. The van der Waals surface area contributed by atoms with Crippen LogP contribution in [0.1, 0.15) is 5.56 Å². The maximum atomic E-state index is 11.5. The minimum atomic E-state index is -0.537. The highest BCUT2D eigenvalue weighted by atomic mass is 35.5. The van der Waals surface area contributed by atoms with Gasteiger partial charge in [0.15, 0.2) is 0 Å². The Morgan fingerprint density at radius 1 is 1.29 bits per heavy atom. The van der Waals surface area contributed by atoms with Crippen LogP contribution in [0.25, 0.3) is 0 Å². The van der Waals surface area contributed by atoms with E-state index in [0.29, 0.717) is 31.4 Å². The third kappa shape index (κ3) is 4.60. The largest absolute Gasteiger partial charge is 0.341 e. The number of hydrogen-bond donors (Lipinski definition) is 3. The molecule has 0 saturated heterocycles. The van der Waals surface area contributed by atoms with E-state index in [1.807, 2.05) is 0 Å². The number of H-pyrrole nitrogens is 2. The van der Waals surface area contributed by atoms with E-state index in [-0.39, 0.29) is 0 Å². The molecule has 1 heterocycles. The number of rotatable bonds is 3. The number of thioether (sulfide) groups is 1. The van der Waals surface area contributed by atoms with E-state index in [4.69, 9.17) is 35.4 Å². The van der Waals surface area contributed by atoms with Gasteiger partial charge in [0.1, 0.15) is 4.32 Å². The summed E-state index contributed by atoms with van der Waals surface area (Å²) in [6.45, 7) is 0. The van der Waals surface area contributed by atoms with Gasteiger partial charge >= 0.3 is 5.69 Å². The van der Waals surface area contributed by atoms with Crippen LogP contribution in [0.4, 0.5) is 5.69 Å². The molecule has 9 heteroatoms. The summed E-state index contributed by atoms with van der Waals surface area (Å²) in [6, 6.07) is 5.06. The van der Waals surface area contributed by atoms with Gasteiger partial charge in [-0.1, -0.05) is 47.2 Å². The number of anilines is 1. The van der Waals surface area contributed by atoms with Gasteiger partial charge in [0.05, 0.1) is 10.0 Å². The first-order valence-corrected chi connectivity index (χ1v) is 7.80. The summed E-state index contributed by atoms with van der Waals surface area (Å²) in [5.41, 5.74) is 0.170. The number of halogens is 2. The summed E-state index contributed by atoms with van der Waals surface area (Å²) in [4.78, 5) is 27.0. The molecule has 2 aromatic rings. The number of nitrogens with one attached hydrogen (secondary N) is 3. The van der Waals surface area contributed by atoms with Crippen LogP contribution in [0.3, 0.4) is 0 Å². The maximum Gasteiger partial charge on any atom is 0.325 e. The van der Waals surface area contributed by atoms with Crippen molar-refractivity contribution in [3.8, 4) is 0 Å². The first-order chi connectivity index (χ1) is 9.95. The maximum absolute atomic E-state index is 11.5. The molecule has 1 aromatic heterocycles. The molecule has 0 unspecified atom stereocenters.